The predicted octanol–water partition coefficient (Wildman–Crippen LogP) is 7.11. The van der Waals surface area contributed by atoms with E-state index in [1.165, 1.54) is 5.56 Å². The van der Waals surface area contributed by atoms with Gasteiger partial charge in [-0.05, 0) is 48.7 Å². The zero-order valence-electron chi connectivity index (χ0n) is 21.2. The summed E-state index contributed by atoms with van der Waals surface area (Å²) in [5.74, 6) is 1.43. The van der Waals surface area contributed by atoms with E-state index < -0.39 is 5.60 Å². The maximum atomic E-state index is 13.6. The second-order valence-electron chi connectivity index (χ2n) is 10.1. The lowest BCUT2D eigenvalue weighted by Crippen LogP contribution is -2.33. The van der Waals surface area contributed by atoms with E-state index in [1.807, 2.05) is 66.7 Å². The number of rotatable bonds is 6. The van der Waals surface area contributed by atoms with Gasteiger partial charge in [0.05, 0.1) is 5.56 Å². The first-order valence-electron chi connectivity index (χ1n) is 12.8. The molecule has 0 saturated heterocycles. The molecule has 4 aromatic rings. The van der Waals surface area contributed by atoms with Crippen LogP contribution in [0.3, 0.4) is 0 Å². The van der Waals surface area contributed by atoms with Gasteiger partial charge in [0.15, 0.2) is 5.60 Å². The molecule has 5 nitrogen and oxygen atoms in total. The highest BCUT2D eigenvalue weighted by Crippen LogP contribution is 2.56. The Morgan fingerprint density at radius 3 is 2.14 bits per heavy atom. The molecule has 0 aliphatic carbocycles. The van der Waals surface area contributed by atoms with Gasteiger partial charge in [-0.3, -0.25) is 0 Å². The molecule has 0 bridgehead atoms. The van der Waals surface area contributed by atoms with Gasteiger partial charge in [-0.25, -0.2) is 4.79 Å². The summed E-state index contributed by atoms with van der Waals surface area (Å²) in [5, 5.41) is 7.22. The first kappa shape index (κ1) is 23.2. The third kappa shape index (κ3) is 3.82. The van der Waals surface area contributed by atoms with Crippen molar-refractivity contribution >= 4 is 17.3 Å². The average molecular weight is 491 g/mol. The summed E-state index contributed by atoms with van der Waals surface area (Å²) < 4.78 is 12.5. The van der Waals surface area contributed by atoms with Crippen LogP contribution in [0.5, 0.6) is 11.5 Å². The van der Waals surface area contributed by atoms with E-state index in [4.69, 9.17) is 9.47 Å². The molecule has 2 heterocycles. The summed E-state index contributed by atoms with van der Waals surface area (Å²) in [7, 11) is 0. The third-order valence-corrected chi connectivity index (χ3v) is 7.33. The van der Waals surface area contributed by atoms with E-state index in [0.717, 1.165) is 28.1 Å². The van der Waals surface area contributed by atoms with Crippen molar-refractivity contribution in [1.82, 2.24) is 0 Å². The molecule has 0 radical (unpaired) electrons. The van der Waals surface area contributed by atoms with Gasteiger partial charge in [-0.1, -0.05) is 74.5 Å². The fourth-order valence-electron chi connectivity index (χ4n) is 5.44. The molecule has 186 valence electrons. The number of fused-ring (bicyclic) bond motifs is 6. The van der Waals surface area contributed by atoms with E-state index in [9.17, 15) is 4.79 Å². The van der Waals surface area contributed by atoms with Gasteiger partial charge < -0.3 is 20.1 Å². The van der Waals surface area contributed by atoms with Gasteiger partial charge in [-0.15, -0.1) is 0 Å². The van der Waals surface area contributed by atoms with E-state index in [-0.39, 0.29) is 12.0 Å². The Hall–Kier alpha value is -4.25. The molecule has 4 aromatic carbocycles. The van der Waals surface area contributed by atoms with Crippen LogP contribution in [-0.4, -0.2) is 18.6 Å². The number of aryl methyl sites for hydroxylation is 1. The highest BCUT2D eigenvalue weighted by molar-refractivity contribution is 6.02. The summed E-state index contributed by atoms with van der Waals surface area (Å²) >= 11 is 0. The Morgan fingerprint density at radius 2 is 1.46 bits per heavy atom. The van der Waals surface area contributed by atoms with Crippen molar-refractivity contribution in [2.75, 3.05) is 17.2 Å². The highest BCUT2D eigenvalue weighted by Gasteiger charge is 2.54. The average Bonchev–Trinajstić information content (AvgIpc) is 3.20. The lowest BCUT2D eigenvalue weighted by atomic mass is 9.77. The molecule has 0 amide bonds. The van der Waals surface area contributed by atoms with Gasteiger partial charge in [-0.2, -0.15) is 0 Å². The minimum atomic E-state index is -1.05. The number of carbonyl (C=O) groups excluding carboxylic acids is 1. The second-order valence-corrected chi connectivity index (χ2v) is 10.1. The van der Waals surface area contributed by atoms with Crippen LogP contribution in [0, 0.1) is 12.8 Å². The van der Waals surface area contributed by atoms with Crippen molar-refractivity contribution in [1.29, 1.82) is 0 Å². The highest BCUT2D eigenvalue weighted by atomic mass is 16.6. The van der Waals surface area contributed by atoms with Crippen molar-refractivity contribution < 1.29 is 14.3 Å². The number of hydrogen-bond donors (Lipinski definition) is 2. The summed E-state index contributed by atoms with van der Waals surface area (Å²) in [6, 6.07) is 30.1. The third-order valence-electron chi connectivity index (χ3n) is 7.33. The number of para-hydroxylation sites is 2. The lowest BCUT2D eigenvalue weighted by molar-refractivity contribution is 0.0225. The molecule has 37 heavy (non-hydrogen) atoms. The fraction of sp³-hybridized carbons (Fsp3) is 0.219. The molecule has 1 spiro atoms. The van der Waals surface area contributed by atoms with Gasteiger partial charge in [0, 0.05) is 40.7 Å². The van der Waals surface area contributed by atoms with Crippen molar-refractivity contribution in [3.8, 4) is 11.5 Å². The number of hydrogen-bond acceptors (Lipinski definition) is 5. The van der Waals surface area contributed by atoms with Crippen LogP contribution in [-0.2, 0) is 10.3 Å². The van der Waals surface area contributed by atoms with Crippen molar-refractivity contribution in [3.63, 3.8) is 0 Å². The standard InChI is InChI=1S/C32H30N2O3/c1-20(2)27(34-22-11-8-10-21(3)18-22)19-33-26-15-9-14-25-30(26)31(35)37-32(25)23-12-4-6-16-28(23)36-29-17-7-5-13-24(29)32/h4-18,20,27,33-34H,19H2,1-3H3. The minimum absolute atomic E-state index is 0.161. The maximum absolute atomic E-state index is 13.6. The normalized spacial score (nSPS) is 15.3. The van der Waals surface area contributed by atoms with Crippen LogP contribution in [0.4, 0.5) is 11.4 Å². The number of nitrogens with one attached hydrogen (secondary N) is 2. The van der Waals surface area contributed by atoms with Gasteiger partial charge in [0.25, 0.3) is 0 Å². The number of carbonyl (C=O) groups is 1. The zero-order valence-corrected chi connectivity index (χ0v) is 21.2. The van der Waals surface area contributed by atoms with Crippen LogP contribution in [0.2, 0.25) is 0 Å². The monoisotopic (exact) mass is 490 g/mol. The van der Waals surface area contributed by atoms with E-state index >= 15 is 0 Å². The molecular formula is C32H30N2O3. The molecule has 0 fully saturated rings. The SMILES string of the molecule is Cc1cccc(NC(CNc2cccc3c2C(=O)OC32c3ccccc3Oc3ccccc32)C(C)C)c1. The number of ether oxygens (including phenoxy) is 2. The molecule has 1 unspecified atom stereocenters. The summed E-state index contributed by atoms with van der Waals surface area (Å²) in [6.45, 7) is 7.14. The Labute approximate surface area is 217 Å². The molecule has 6 rings (SSSR count). The van der Waals surface area contributed by atoms with Crippen LogP contribution >= 0.6 is 0 Å². The molecule has 2 aliphatic rings. The van der Waals surface area contributed by atoms with Crippen LogP contribution < -0.4 is 15.4 Å². The van der Waals surface area contributed by atoms with Crippen LogP contribution in [0.25, 0.3) is 0 Å². The van der Waals surface area contributed by atoms with Gasteiger partial charge in [0.1, 0.15) is 11.5 Å². The van der Waals surface area contributed by atoms with Crippen molar-refractivity contribution in [2.24, 2.45) is 5.92 Å². The van der Waals surface area contributed by atoms with Gasteiger partial charge >= 0.3 is 5.97 Å². The molecule has 1 atom stereocenters. The Bertz CT molecular complexity index is 1450. The van der Waals surface area contributed by atoms with Crippen LogP contribution in [0.15, 0.2) is 91.0 Å². The van der Waals surface area contributed by atoms with Crippen molar-refractivity contribution in [2.45, 2.75) is 32.4 Å². The first-order valence-corrected chi connectivity index (χ1v) is 12.8. The Kier molecular flexibility index (Phi) is 5.64. The van der Waals surface area contributed by atoms with E-state index in [2.05, 4.69) is 55.7 Å². The smallest absolute Gasteiger partial charge is 0.342 e. The van der Waals surface area contributed by atoms with Gasteiger partial charge in [0.2, 0.25) is 0 Å². The largest absolute Gasteiger partial charge is 0.456 e. The van der Waals surface area contributed by atoms with Crippen molar-refractivity contribution in [3.05, 3.63) is 119 Å². The Balaban J connectivity index is 1.38. The molecular weight excluding hydrogens is 460 g/mol. The quantitative estimate of drug-likeness (QED) is 0.282. The number of benzene rings is 4. The number of esters is 1. The zero-order chi connectivity index (χ0) is 25.6. The van der Waals surface area contributed by atoms with E-state index in [0.29, 0.717) is 29.5 Å². The molecule has 2 N–H and O–H groups in total. The number of anilines is 2. The molecule has 0 saturated carbocycles. The van der Waals surface area contributed by atoms with Crippen LogP contribution in [0.1, 0.15) is 46.5 Å². The predicted molar refractivity (Wildman–Crippen MR) is 147 cm³/mol. The summed E-state index contributed by atoms with van der Waals surface area (Å²) in [6.07, 6.45) is 0. The lowest BCUT2D eigenvalue weighted by Gasteiger charge is -2.36. The topological polar surface area (TPSA) is 59.6 Å². The molecule has 2 aliphatic heterocycles. The summed E-state index contributed by atoms with van der Waals surface area (Å²) in [5.41, 5.74) is 5.10. The second kappa shape index (κ2) is 9.00. The summed E-state index contributed by atoms with van der Waals surface area (Å²) in [4.78, 5) is 13.6. The molecule has 0 aromatic heterocycles. The maximum Gasteiger partial charge on any atom is 0.342 e. The Morgan fingerprint density at radius 1 is 0.811 bits per heavy atom. The minimum Gasteiger partial charge on any atom is -0.456 e. The van der Waals surface area contributed by atoms with E-state index in [1.54, 1.807) is 0 Å². The fourth-order valence-corrected chi connectivity index (χ4v) is 5.44. The first-order chi connectivity index (χ1) is 18.0. The molecule has 5 heteroatoms.